The second-order valence-corrected chi connectivity index (χ2v) is 9.37. The van der Waals surface area contributed by atoms with Crippen molar-refractivity contribution < 1.29 is 26.2 Å². The fourth-order valence-corrected chi connectivity index (χ4v) is 5.45. The number of phenols is 1. The normalized spacial score (nSPS) is 10.8. The fourth-order valence-electron chi connectivity index (χ4n) is 4.37. The zero-order valence-corrected chi connectivity index (χ0v) is 22.3. The van der Waals surface area contributed by atoms with Crippen molar-refractivity contribution in [1.82, 2.24) is 9.97 Å². The minimum absolute atomic E-state index is 0. The van der Waals surface area contributed by atoms with Crippen molar-refractivity contribution in [1.29, 1.82) is 0 Å². The van der Waals surface area contributed by atoms with Gasteiger partial charge in [-0.2, -0.15) is 0 Å². The Hall–Kier alpha value is -3.59. The average molecular weight is 665 g/mol. The van der Waals surface area contributed by atoms with Crippen molar-refractivity contribution in [2.24, 2.45) is 0 Å². The Morgan fingerprint density at radius 3 is 2.36 bits per heavy atom. The number of hydrogen-bond acceptors (Lipinski definition) is 4. The van der Waals surface area contributed by atoms with Crippen molar-refractivity contribution in [3.8, 4) is 38.7 Å². The molecule has 0 amide bonds. The van der Waals surface area contributed by atoms with Crippen LogP contribution in [0.15, 0.2) is 109 Å². The van der Waals surface area contributed by atoms with E-state index in [0.717, 1.165) is 55.2 Å². The van der Waals surface area contributed by atoms with E-state index in [1.807, 2.05) is 54.6 Å². The Balaban J connectivity index is 0.00000267. The molecule has 2 aromatic heterocycles. The van der Waals surface area contributed by atoms with E-state index in [1.165, 1.54) is 5.56 Å². The fraction of sp³-hybridized carbons (Fsp3) is 0.0323. The van der Waals surface area contributed by atoms with Gasteiger partial charge >= 0.3 is 0 Å². The molecule has 178 valence electrons. The van der Waals surface area contributed by atoms with Crippen molar-refractivity contribution in [3.05, 3.63) is 127 Å². The van der Waals surface area contributed by atoms with Gasteiger partial charge in [0.2, 0.25) is 0 Å². The maximum atomic E-state index is 10.9. The minimum atomic E-state index is 0. The summed E-state index contributed by atoms with van der Waals surface area (Å²) in [6.45, 7) is 0. The van der Waals surface area contributed by atoms with Crippen LogP contribution < -0.4 is 0 Å². The van der Waals surface area contributed by atoms with Gasteiger partial charge in [0, 0.05) is 37.7 Å². The third-order valence-electron chi connectivity index (χ3n) is 6.03. The third kappa shape index (κ3) is 4.75. The molecular weight excluding hydrogens is 643 g/mol. The summed E-state index contributed by atoms with van der Waals surface area (Å²) < 4.78 is 1.07. The van der Waals surface area contributed by atoms with Crippen LogP contribution in [-0.4, -0.2) is 15.1 Å². The van der Waals surface area contributed by atoms with Crippen LogP contribution >= 0.6 is 11.3 Å². The molecule has 0 aliphatic rings. The first-order chi connectivity index (χ1) is 17.3. The molecular formula is C31H21N2OPtS-. The second kappa shape index (κ2) is 10.6. The quantitative estimate of drug-likeness (QED) is 0.192. The second-order valence-electron chi connectivity index (χ2n) is 8.34. The van der Waals surface area contributed by atoms with Gasteiger partial charge in [0.1, 0.15) is 10.8 Å². The van der Waals surface area contributed by atoms with E-state index in [1.54, 1.807) is 23.6 Å². The molecule has 0 unspecified atom stereocenters. The number of nitrogens with zero attached hydrogens (tertiary/aromatic N) is 2. The van der Waals surface area contributed by atoms with E-state index >= 15 is 0 Å². The van der Waals surface area contributed by atoms with E-state index in [-0.39, 0.29) is 26.8 Å². The summed E-state index contributed by atoms with van der Waals surface area (Å²) >= 11 is 1.60. The van der Waals surface area contributed by atoms with Gasteiger partial charge in [-0.3, -0.25) is 4.98 Å². The van der Waals surface area contributed by atoms with E-state index in [4.69, 9.17) is 4.98 Å². The van der Waals surface area contributed by atoms with Gasteiger partial charge in [0.25, 0.3) is 0 Å². The summed E-state index contributed by atoms with van der Waals surface area (Å²) in [5.74, 6) is 0.253. The SMILES string of the molecule is Oc1cccc(Cc2ccccc2)c1-c1nc2c(-c3[c-]c(-c4ccccn4)ccc3)cccc2s1.[Pt]. The summed E-state index contributed by atoms with van der Waals surface area (Å²) in [4.78, 5) is 9.52. The number of pyridine rings is 1. The maximum Gasteiger partial charge on any atom is 0.127 e. The molecule has 1 N–H and O–H groups in total. The first kappa shape index (κ1) is 24.1. The van der Waals surface area contributed by atoms with Gasteiger partial charge in [-0.25, -0.2) is 4.98 Å². The predicted octanol–water partition coefficient (Wildman–Crippen LogP) is 7.79. The van der Waals surface area contributed by atoms with Crippen molar-refractivity contribution >= 4 is 21.6 Å². The molecule has 36 heavy (non-hydrogen) atoms. The largest absolute Gasteiger partial charge is 0.507 e. The summed E-state index contributed by atoms with van der Waals surface area (Å²) in [5, 5.41) is 11.7. The van der Waals surface area contributed by atoms with Crippen LogP contribution in [0.5, 0.6) is 5.75 Å². The Kier molecular flexibility index (Phi) is 7.08. The smallest absolute Gasteiger partial charge is 0.127 e. The van der Waals surface area contributed by atoms with Crippen molar-refractivity contribution in [2.45, 2.75) is 6.42 Å². The zero-order valence-electron chi connectivity index (χ0n) is 19.2. The molecule has 0 radical (unpaired) electrons. The number of hydrogen-bond donors (Lipinski definition) is 1. The third-order valence-corrected chi connectivity index (χ3v) is 7.06. The average Bonchev–Trinajstić information content (AvgIpc) is 3.34. The van der Waals surface area contributed by atoms with Crippen LogP contribution in [-0.2, 0) is 27.5 Å². The Morgan fingerprint density at radius 1 is 0.750 bits per heavy atom. The van der Waals surface area contributed by atoms with Gasteiger partial charge in [0.15, 0.2) is 0 Å². The van der Waals surface area contributed by atoms with Crippen LogP contribution in [0.2, 0.25) is 0 Å². The van der Waals surface area contributed by atoms with E-state index in [2.05, 4.69) is 53.5 Å². The number of benzene rings is 4. The molecule has 0 bridgehead atoms. The van der Waals surface area contributed by atoms with Gasteiger partial charge in [0.05, 0.1) is 11.1 Å². The molecule has 0 saturated carbocycles. The Labute approximate surface area is 228 Å². The van der Waals surface area contributed by atoms with Crippen LogP contribution in [0.3, 0.4) is 0 Å². The number of para-hydroxylation sites is 1. The van der Waals surface area contributed by atoms with Gasteiger partial charge in [-0.15, -0.1) is 41.2 Å². The molecule has 0 saturated heterocycles. The molecule has 6 aromatic rings. The number of fused-ring (bicyclic) bond motifs is 1. The molecule has 0 fully saturated rings. The molecule has 3 nitrogen and oxygen atoms in total. The predicted molar refractivity (Wildman–Crippen MR) is 143 cm³/mol. The van der Waals surface area contributed by atoms with Crippen LogP contribution in [0.4, 0.5) is 0 Å². The van der Waals surface area contributed by atoms with E-state index < -0.39 is 0 Å². The summed E-state index contributed by atoms with van der Waals surface area (Å²) in [6, 6.07) is 37.7. The van der Waals surface area contributed by atoms with Gasteiger partial charge in [-0.1, -0.05) is 77.9 Å². The summed E-state index contributed by atoms with van der Waals surface area (Å²) in [6.07, 6.45) is 2.52. The zero-order chi connectivity index (χ0) is 23.6. The number of aromatic nitrogens is 2. The van der Waals surface area contributed by atoms with Crippen molar-refractivity contribution in [3.63, 3.8) is 0 Å². The monoisotopic (exact) mass is 664 g/mol. The van der Waals surface area contributed by atoms with Crippen molar-refractivity contribution in [2.75, 3.05) is 0 Å². The summed E-state index contributed by atoms with van der Waals surface area (Å²) in [5.41, 5.74) is 7.79. The minimum Gasteiger partial charge on any atom is -0.507 e. The molecule has 6 rings (SSSR count). The number of aromatic hydroxyl groups is 1. The number of rotatable bonds is 5. The molecule has 4 aromatic carbocycles. The first-order valence-electron chi connectivity index (χ1n) is 11.4. The van der Waals surface area contributed by atoms with Crippen LogP contribution in [0.25, 0.3) is 43.2 Å². The van der Waals surface area contributed by atoms with Gasteiger partial charge in [-0.05, 0) is 35.7 Å². The number of thiazole rings is 1. The van der Waals surface area contributed by atoms with E-state index in [0.29, 0.717) is 0 Å². The standard InChI is InChI=1S/C31H21N2OS.Pt/c34-27-16-7-13-24(19-21-9-2-1-3-10-21)29(27)31-33-30-25(14-8-17-28(30)35-31)22-11-6-12-23(20-22)26-15-4-5-18-32-26;/h1-18,34H,19H2;/q-1;. The molecule has 0 spiro atoms. The topological polar surface area (TPSA) is 46.0 Å². The summed E-state index contributed by atoms with van der Waals surface area (Å²) in [7, 11) is 0. The maximum absolute atomic E-state index is 10.9. The van der Waals surface area contributed by atoms with Crippen LogP contribution in [0, 0.1) is 6.07 Å². The Morgan fingerprint density at radius 2 is 1.53 bits per heavy atom. The molecule has 5 heteroatoms. The van der Waals surface area contributed by atoms with E-state index in [9.17, 15) is 5.11 Å². The molecule has 2 heterocycles. The first-order valence-corrected chi connectivity index (χ1v) is 12.3. The molecule has 0 aliphatic carbocycles. The number of phenolic OH excluding ortho intramolecular Hbond substituents is 1. The molecule has 0 aliphatic heterocycles. The van der Waals surface area contributed by atoms with Gasteiger partial charge < -0.3 is 5.11 Å². The molecule has 0 atom stereocenters. The van der Waals surface area contributed by atoms with Crippen LogP contribution in [0.1, 0.15) is 11.1 Å². The Bertz CT molecular complexity index is 1630.